The molecule has 0 atom stereocenters. The number of pyridine rings is 1. The van der Waals surface area contributed by atoms with Gasteiger partial charge in [0.2, 0.25) is 0 Å². The Kier molecular flexibility index (Phi) is 6.28. The van der Waals surface area contributed by atoms with E-state index in [0.717, 1.165) is 10.7 Å². The van der Waals surface area contributed by atoms with E-state index in [0.29, 0.717) is 22.7 Å². The van der Waals surface area contributed by atoms with Crippen LogP contribution in [0.1, 0.15) is 11.1 Å². The van der Waals surface area contributed by atoms with Gasteiger partial charge in [0.1, 0.15) is 30.2 Å². The van der Waals surface area contributed by atoms with E-state index in [1.165, 1.54) is 30.5 Å². The average molecular weight is 445 g/mol. The number of hydrazone groups is 1. The first kappa shape index (κ1) is 19.4. The van der Waals surface area contributed by atoms with Gasteiger partial charge >= 0.3 is 0 Å². The molecule has 0 saturated heterocycles. The maximum atomic E-state index is 13.3. The van der Waals surface area contributed by atoms with Crippen LogP contribution in [0.3, 0.4) is 0 Å². The summed E-state index contributed by atoms with van der Waals surface area (Å²) in [6.07, 6.45) is 2.68. The third-order valence-corrected chi connectivity index (χ3v) is 4.09. The Morgan fingerprint density at radius 1 is 1.25 bits per heavy atom. The fourth-order valence-electron chi connectivity index (χ4n) is 2.27. The molecule has 0 aliphatic carbocycles. The first-order valence-electron chi connectivity index (χ1n) is 8.07. The van der Waals surface area contributed by atoms with Crippen LogP contribution in [0.25, 0.3) is 0 Å². The van der Waals surface area contributed by atoms with Crippen molar-refractivity contribution in [1.29, 1.82) is 0 Å². The van der Waals surface area contributed by atoms with Crippen molar-refractivity contribution in [3.8, 4) is 5.75 Å². The molecule has 0 bridgehead atoms. The van der Waals surface area contributed by atoms with Crippen LogP contribution in [0.5, 0.6) is 5.75 Å². The highest BCUT2D eigenvalue weighted by molar-refractivity contribution is 9.10. The van der Waals surface area contributed by atoms with Gasteiger partial charge in [-0.15, -0.1) is 0 Å². The maximum Gasteiger partial charge on any atom is 0.287 e. The van der Waals surface area contributed by atoms with Gasteiger partial charge in [-0.1, -0.05) is 28.1 Å². The number of nitrogens with one attached hydrogen (secondary N) is 1. The number of aromatic nitrogens is 1. The predicted molar refractivity (Wildman–Crippen MR) is 107 cm³/mol. The number of anilines is 1. The molecule has 0 amide bonds. The molecule has 0 spiro atoms. The molecule has 0 radical (unpaired) electrons. The number of nitro groups is 1. The number of halogens is 2. The standard InChI is InChI=1S/C19H14BrFN4O3/c20-15-4-6-18(28-12-13-2-1-3-16(21)8-13)14(9-15)10-23-24-19-7-5-17(11-22-19)25(26)27/h1-11H,12H2,(H,22,24)/b23-10+. The molecule has 1 N–H and O–H groups in total. The highest BCUT2D eigenvalue weighted by Crippen LogP contribution is 2.23. The molecule has 1 aromatic heterocycles. The number of ether oxygens (including phenoxy) is 1. The van der Waals surface area contributed by atoms with Crippen molar-refractivity contribution in [1.82, 2.24) is 4.98 Å². The van der Waals surface area contributed by atoms with E-state index in [1.54, 1.807) is 18.2 Å². The van der Waals surface area contributed by atoms with Crippen molar-refractivity contribution in [2.75, 3.05) is 5.43 Å². The van der Waals surface area contributed by atoms with Gasteiger partial charge in [-0.05, 0) is 42.0 Å². The summed E-state index contributed by atoms with van der Waals surface area (Å²) in [5, 5.41) is 14.7. The van der Waals surface area contributed by atoms with Crippen LogP contribution < -0.4 is 10.2 Å². The zero-order chi connectivity index (χ0) is 19.9. The molecule has 0 saturated carbocycles. The first-order chi connectivity index (χ1) is 13.5. The molecule has 2 aromatic carbocycles. The van der Waals surface area contributed by atoms with Gasteiger partial charge in [0, 0.05) is 16.1 Å². The molecule has 0 unspecified atom stereocenters. The largest absolute Gasteiger partial charge is 0.488 e. The topological polar surface area (TPSA) is 89.7 Å². The zero-order valence-corrected chi connectivity index (χ0v) is 16.0. The molecule has 0 fully saturated rings. The normalized spacial score (nSPS) is 10.8. The van der Waals surface area contributed by atoms with Gasteiger partial charge in [-0.25, -0.2) is 9.37 Å². The summed E-state index contributed by atoms with van der Waals surface area (Å²) in [5.41, 5.74) is 3.99. The molecule has 28 heavy (non-hydrogen) atoms. The summed E-state index contributed by atoms with van der Waals surface area (Å²) in [5.74, 6) is 0.604. The van der Waals surface area contributed by atoms with Crippen molar-refractivity contribution >= 4 is 33.6 Å². The van der Waals surface area contributed by atoms with Crippen LogP contribution in [-0.2, 0) is 6.61 Å². The predicted octanol–water partition coefficient (Wildman–Crippen LogP) is 4.92. The second-order valence-electron chi connectivity index (χ2n) is 5.63. The molecule has 142 valence electrons. The SMILES string of the molecule is O=[N+]([O-])c1ccc(N/N=C/c2cc(Br)ccc2OCc2cccc(F)c2)nc1. The number of benzene rings is 2. The Labute approximate surface area is 168 Å². The summed E-state index contributed by atoms with van der Waals surface area (Å²) < 4.78 is 19.9. The Balaban J connectivity index is 1.69. The lowest BCUT2D eigenvalue weighted by Crippen LogP contribution is -2.00. The number of hydrogen-bond donors (Lipinski definition) is 1. The number of rotatable bonds is 7. The molecule has 3 rings (SSSR count). The Bertz CT molecular complexity index is 1010. The van der Waals surface area contributed by atoms with Crippen LogP contribution in [0, 0.1) is 15.9 Å². The zero-order valence-electron chi connectivity index (χ0n) is 14.4. The number of nitrogens with zero attached hydrogens (tertiary/aromatic N) is 3. The van der Waals surface area contributed by atoms with Gasteiger partial charge in [-0.2, -0.15) is 5.10 Å². The summed E-state index contributed by atoms with van der Waals surface area (Å²) in [7, 11) is 0. The third kappa shape index (κ3) is 5.34. The van der Waals surface area contributed by atoms with E-state index in [9.17, 15) is 14.5 Å². The van der Waals surface area contributed by atoms with Gasteiger partial charge in [0.25, 0.3) is 5.69 Å². The quantitative estimate of drug-likeness (QED) is 0.317. The molecule has 3 aromatic rings. The average Bonchev–Trinajstić information content (AvgIpc) is 2.68. The van der Waals surface area contributed by atoms with Crippen molar-refractivity contribution in [3.63, 3.8) is 0 Å². The van der Waals surface area contributed by atoms with Crippen LogP contribution in [0.2, 0.25) is 0 Å². The van der Waals surface area contributed by atoms with E-state index in [2.05, 4.69) is 31.4 Å². The van der Waals surface area contributed by atoms with Gasteiger partial charge in [0.15, 0.2) is 0 Å². The molecular formula is C19H14BrFN4O3. The lowest BCUT2D eigenvalue weighted by atomic mass is 10.2. The van der Waals surface area contributed by atoms with Crippen molar-refractivity contribution < 1.29 is 14.1 Å². The van der Waals surface area contributed by atoms with E-state index in [-0.39, 0.29) is 18.1 Å². The maximum absolute atomic E-state index is 13.3. The summed E-state index contributed by atoms with van der Waals surface area (Å²) in [6, 6.07) is 14.4. The molecular weight excluding hydrogens is 431 g/mol. The second kappa shape index (κ2) is 9.05. The smallest absolute Gasteiger partial charge is 0.287 e. The van der Waals surface area contributed by atoms with Gasteiger partial charge in [0.05, 0.1) is 11.1 Å². The minimum Gasteiger partial charge on any atom is -0.488 e. The minimum atomic E-state index is -0.524. The fraction of sp³-hybridized carbons (Fsp3) is 0.0526. The van der Waals surface area contributed by atoms with Crippen LogP contribution in [0.4, 0.5) is 15.9 Å². The van der Waals surface area contributed by atoms with E-state index in [4.69, 9.17) is 4.74 Å². The molecule has 9 heteroatoms. The number of hydrogen-bond acceptors (Lipinski definition) is 6. The van der Waals surface area contributed by atoms with Crippen LogP contribution >= 0.6 is 15.9 Å². The summed E-state index contributed by atoms with van der Waals surface area (Å²) >= 11 is 3.40. The molecule has 7 nitrogen and oxygen atoms in total. The lowest BCUT2D eigenvalue weighted by Gasteiger charge is -2.10. The van der Waals surface area contributed by atoms with Crippen LogP contribution in [0.15, 0.2) is 70.4 Å². The van der Waals surface area contributed by atoms with E-state index >= 15 is 0 Å². The third-order valence-electron chi connectivity index (χ3n) is 3.60. The van der Waals surface area contributed by atoms with E-state index in [1.807, 2.05) is 12.1 Å². The molecule has 0 aliphatic rings. The Morgan fingerprint density at radius 2 is 2.11 bits per heavy atom. The van der Waals surface area contributed by atoms with Gasteiger partial charge in [-0.3, -0.25) is 15.5 Å². The van der Waals surface area contributed by atoms with Crippen molar-refractivity contribution in [2.24, 2.45) is 5.10 Å². The lowest BCUT2D eigenvalue weighted by molar-refractivity contribution is -0.385. The Hall–Kier alpha value is -3.33. The first-order valence-corrected chi connectivity index (χ1v) is 8.87. The highest BCUT2D eigenvalue weighted by atomic mass is 79.9. The highest BCUT2D eigenvalue weighted by Gasteiger charge is 2.06. The van der Waals surface area contributed by atoms with Gasteiger partial charge < -0.3 is 4.74 Å². The monoisotopic (exact) mass is 444 g/mol. The van der Waals surface area contributed by atoms with Crippen molar-refractivity contribution in [3.05, 3.63) is 92.3 Å². The van der Waals surface area contributed by atoms with Crippen LogP contribution in [-0.4, -0.2) is 16.1 Å². The Morgan fingerprint density at radius 3 is 2.82 bits per heavy atom. The minimum absolute atomic E-state index is 0.102. The van der Waals surface area contributed by atoms with E-state index < -0.39 is 4.92 Å². The second-order valence-corrected chi connectivity index (χ2v) is 6.55. The molecule has 0 aliphatic heterocycles. The molecule has 1 heterocycles. The summed E-state index contributed by atoms with van der Waals surface area (Å²) in [4.78, 5) is 14.0. The summed E-state index contributed by atoms with van der Waals surface area (Å²) in [6.45, 7) is 0.206. The van der Waals surface area contributed by atoms with Crippen molar-refractivity contribution in [2.45, 2.75) is 6.61 Å². The fourth-order valence-corrected chi connectivity index (χ4v) is 2.65.